The summed E-state index contributed by atoms with van der Waals surface area (Å²) in [6.07, 6.45) is 0. The van der Waals surface area contributed by atoms with Gasteiger partial charge in [-0.05, 0) is 6.07 Å². The maximum absolute atomic E-state index is 13.5. The average Bonchev–Trinajstić information content (AvgIpc) is 2.54. The van der Waals surface area contributed by atoms with Crippen LogP contribution >= 0.6 is 0 Å². The van der Waals surface area contributed by atoms with Crippen LogP contribution in [0.1, 0.15) is 10.4 Å². The van der Waals surface area contributed by atoms with Crippen molar-refractivity contribution in [2.75, 3.05) is 25.5 Å². The zero-order valence-corrected chi connectivity index (χ0v) is 10.2. The minimum absolute atomic E-state index is 0.206. The quantitative estimate of drug-likeness (QED) is 0.737. The molecule has 0 aromatic heterocycles. The summed E-state index contributed by atoms with van der Waals surface area (Å²) >= 11 is 0. The number of rotatable bonds is 2. The minimum Gasteiger partial charge on any atom is -0.347 e. The summed E-state index contributed by atoms with van der Waals surface area (Å²) in [5.41, 5.74) is -0.694. The molecule has 0 saturated carbocycles. The lowest BCUT2D eigenvalue weighted by Crippen LogP contribution is -2.39. The third-order valence-corrected chi connectivity index (χ3v) is 2.78. The monoisotopic (exact) mass is 268 g/mol. The highest BCUT2D eigenvalue weighted by molar-refractivity contribution is 6.52. The zero-order valence-electron chi connectivity index (χ0n) is 10.2. The Kier molecular flexibility index (Phi) is 3.05. The number of amides is 2. The molecule has 19 heavy (non-hydrogen) atoms. The molecule has 0 radical (unpaired) electrons. The van der Waals surface area contributed by atoms with Gasteiger partial charge >= 0.3 is 0 Å². The van der Waals surface area contributed by atoms with Crippen LogP contribution in [0.2, 0.25) is 0 Å². The highest BCUT2D eigenvalue weighted by Gasteiger charge is 2.39. The van der Waals surface area contributed by atoms with Crippen molar-refractivity contribution >= 4 is 23.3 Å². The molecule has 1 aliphatic heterocycles. The summed E-state index contributed by atoms with van der Waals surface area (Å²) in [4.78, 5) is 36.9. The first-order valence-corrected chi connectivity index (χ1v) is 5.38. The van der Waals surface area contributed by atoms with Gasteiger partial charge < -0.3 is 4.90 Å². The number of carbonyl (C=O) groups excluding carboxylic acids is 3. The van der Waals surface area contributed by atoms with Gasteiger partial charge in [-0.3, -0.25) is 19.3 Å². The van der Waals surface area contributed by atoms with Crippen molar-refractivity contribution in [3.8, 4) is 0 Å². The van der Waals surface area contributed by atoms with Gasteiger partial charge in [0.2, 0.25) is 5.91 Å². The van der Waals surface area contributed by atoms with Crippen molar-refractivity contribution in [3.63, 3.8) is 0 Å². The van der Waals surface area contributed by atoms with E-state index in [0.717, 1.165) is 11.0 Å². The zero-order chi connectivity index (χ0) is 14.3. The van der Waals surface area contributed by atoms with Gasteiger partial charge in [0.05, 0.1) is 11.3 Å². The van der Waals surface area contributed by atoms with Crippen LogP contribution in [0.25, 0.3) is 0 Å². The van der Waals surface area contributed by atoms with Crippen molar-refractivity contribution in [1.29, 1.82) is 0 Å². The molecule has 1 aromatic carbocycles. The molecule has 0 unspecified atom stereocenters. The Bertz CT molecular complexity index is 599. The molecule has 0 atom stereocenters. The second-order valence-electron chi connectivity index (χ2n) is 4.29. The normalized spacial score (nSPS) is 13.8. The summed E-state index contributed by atoms with van der Waals surface area (Å²) in [6, 6.07) is 1.39. The van der Waals surface area contributed by atoms with Gasteiger partial charge in [-0.2, -0.15) is 0 Å². The predicted molar refractivity (Wildman–Crippen MR) is 61.7 cm³/mol. The number of fused-ring (bicyclic) bond motifs is 1. The van der Waals surface area contributed by atoms with E-state index in [1.54, 1.807) is 0 Å². The Labute approximate surface area is 107 Å². The number of hydrogen-bond acceptors (Lipinski definition) is 3. The van der Waals surface area contributed by atoms with E-state index in [2.05, 4.69) is 0 Å². The first-order valence-electron chi connectivity index (χ1n) is 5.38. The number of Topliss-reactive ketones (excluding diaryl/α,β-unsaturated/α-hetero) is 1. The second kappa shape index (κ2) is 4.42. The molecule has 7 heteroatoms. The maximum atomic E-state index is 13.5. The van der Waals surface area contributed by atoms with Crippen molar-refractivity contribution in [2.24, 2.45) is 0 Å². The van der Waals surface area contributed by atoms with E-state index >= 15 is 0 Å². The third kappa shape index (κ3) is 2.07. The van der Waals surface area contributed by atoms with E-state index in [9.17, 15) is 23.2 Å². The molecule has 2 amide bonds. The molecule has 0 fully saturated rings. The topological polar surface area (TPSA) is 57.7 Å². The van der Waals surface area contributed by atoms with E-state index in [0.29, 0.717) is 6.07 Å². The molecule has 1 aliphatic rings. The van der Waals surface area contributed by atoms with Crippen molar-refractivity contribution < 1.29 is 23.2 Å². The van der Waals surface area contributed by atoms with E-state index in [4.69, 9.17) is 0 Å². The van der Waals surface area contributed by atoms with Crippen molar-refractivity contribution in [3.05, 3.63) is 29.3 Å². The molecule has 100 valence electrons. The van der Waals surface area contributed by atoms with Crippen molar-refractivity contribution in [1.82, 2.24) is 4.90 Å². The van der Waals surface area contributed by atoms with Crippen LogP contribution in [0.3, 0.4) is 0 Å². The number of benzene rings is 1. The molecule has 0 N–H and O–H groups in total. The highest BCUT2D eigenvalue weighted by Crippen LogP contribution is 2.31. The van der Waals surface area contributed by atoms with Crippen LogP contribution in [0.5, 0.6) is 0 Å². The number of nitrogens with zero attached hydrogens (tertiary/aromatic N) is 2. The van der Waals surface area contributed by atoms with E-state index in [1.807, 2.05) is 0 Å². The fourth-order valence-corrected chi connectivity index (χ4v) is 1.77. The first kappa shape index (κ1) is 13.1. The predicted octanol–water partition coefficient (Wildman–Crippen LogP) is 0.582. The number of carbonyl (C=O) groups is 3. The van der Waals surface area contributed by atoms with Crippen LogP contribution in [0, 0.1) is 11.6 Å². The molecule has 1 heterocycles. The Balaban J connectivity index is 2.47. The lowest BCUT2D eigenvalue weighted by molar-refractivity contribution is -0.128. The summed E-state index contributed by atoms with van der Waals surface area (Å²) < 4.78 is 26.7. The SMILES string of the molecule is CN(C)C(=O)CN1C(=O)C(=O)c2c(F)cc(F)cc21. The van der Waals surface area contributed by atoms with Crippen LogP contribution in [0.15, 0.2) is 12.1 Å². The summed E-state index contributed by atoms with van der Waals surface area (Å²) in [5.74, 6) is -4.58. The minimum atomic E-state index is -1.10. The van der Waals surface area contributed by atoms with Gasteiger partial charge in [-0.25, -0.2) is 8.78 Å². The number of hydrogen-bond donors (Lipinski definition) is 0. The van der Waals surface area contributed by atoms with Gasteiger partial charge in [0.15, 0.2) is 0 Å². The average molecular weight is 268 g/mol. The number of halogens is 2. The molecule has 5 nitrogen and oxygen atoms in total. The Morgan fingerprint density at radius 2 is 1.89 bits per heavy atom. The fourth-order valence-electron chi connectivity index (χ4n) is 1.77. The molecule has 0 aliphatic carbocycles. The summed E-state index contributed by atoms with van der Waals surface area (Å²) in [7, 11) is 2.94. The smallest absolute Gasteiger partial charge is 0.300 e. The van der Waals surface area contributed by atoms with Crippen LogP contribution in [-0.4, -0.2) is 43.1 Å². The molecular formula is C12H10F2N2O3. The molecule has 0 saturated heterocycles. The lowest BCUT2D eigenvalue weighted by Gasteiger charge is -2.18. The van der Waals surface area contributed by atoms with Crippen molar-refractivity contribution in [2.45, 2.75) is 0 Å². The Hall–Kier alpha value is -2.31. The van der Waals surface area contributed by atoms with Gasteiger partial charge in [0.25, 0.3) is 11.7 Å². The first-order chi connectivity index (χ1) is 8.82. The summed E-state index contributed by atoms with van der Waals surface area (Å²) in [5, 5.41) is 0. The molecule has 1 aromatic rings. The van der Waals surface area contributed by atoms with Gasteiger partial charge in [-0.15, -0.1) is 0 Å². The van der Waals surface area contributed by atoms with E-state index in [1.165, 1.54) is 19.0 Å². The Morgan fingerprint density at radius 3 is 2.47 bits per heavy atom. The van der Waals surface area contributed by atoms with Gasteiger partial charge in [-0.1, -0.05) is 0 Å². The number of likely N-dealkylation sites (N-methyl/N-ethyl adjacent to an activating group) is 1. The molecule has 0 bridgehead atoms. The van der Waals surface area contributed by atoms with E-state index in [-0.39, 0.29) is 5.69 Å². The highest BCUT2D eigenvalue weighted by atomic mass is 19.1. The second-order valence-corrected chi connectivity index (χ2v) is 4.29. The van der Waals surface area contributed by atoms with Crippen LogP contribution < -0.4 is 4.90 Å². The number of anilines is 1. The number of ketones is 1. The van der Waals surface area contributed by atoms with Crippen LogP contribution in [-0.2, 0) is 9.59 Å². The van der Waals surface area contributed by atoms with E-state index < -0.39 is 41.3 Å². The fraction of sp³-hybridized carbons (Fsp3) is 0.250. The Morgan fingerprint density at radius 1 is 1.26 bits per heavy atom. The maximum Gasteiger partial charge on any atom is 0.300 e. The van der Waals surface area contributed by atoms with Gasteiger partial charge in [0.1, 0.15) is 18.2 Å². The van der Waals surface area contributed by atoms with Crippen LogP contribution in [0.4, 0.5) is 14.5 Å². The lowest BCUT2D eigenvalue weighted by atomic mass is 10.1. The molecule has 2 rings (SSSR count). The third-order valence-electron chi connectivity index (χ3n) is 2.78. The molecule has 0 spiro atoms. The van der Waals surface area contributed by atoms with Gasteiger partial charge in [0, 0.05) is 20.2 Å². The standard InChI is InChI=1S/C12H10F2N2O3/c1-15(2)9(17)5-16-8-4-6(13)3-7(14)10(8)11(18)12(16)19/h3-4H,5H2,1-2H3. The summed E-state index contributed by atoms with van der Waals surface area (Å²) in [6.45, 7) is -0.437. The largest absolute Gasteiger partial charge is 0.347 e. The molecular weight excluding hydrogens is 258 g/mol.